The summed E-state index contributed by atoms with van der Waals surface area (Å²) in [6.07, 6.45) is 9.35. The summed E-state index contributed by atoms with van der Waals surface area (Å²) in [5.41, 5.74) is 5.97. The van der Waals surface area contributed by atoms with E-state index in [1.165, 1.54) is 25.7 Å². The lowest BCUT2D eigenvalue weighted by Gasteiger charge is -2.37. The molecule has 0 spiro atoms. The van der Waals surface area contributed by atoms with Crippen molar-refractivity contribution in [2.24, 2.45) is 28.9 Å². The number of amides is 2. The molecule has 5 heteroatoms. The predicted molar refractivity (Wildman–Crippen MR) is 108 cm³/mol. The first-order valence-corrected chi connectivity index (χ1v) is 11.1. The van der Waals surface area contributed by atoms with Crippen molar-refractivity contribution in [3.63, 3.8) is 0 Å². The van der Waals surface area contributed by atoms with E-state index in [2.05, 4.69) is 12.2 Å². The van der Waals surface area contributed by atoms with Crippen molar-refractivity contribution in [3.05, 3.63) is 0 Å². The Kier molecular flexibility index (Phi) is 6.19. The molecule has 0 aromatic heterocycles. The molecule has 3 unspecified atom stereocenters. The molecule has 1 saturated heterocycles. The van der Waals surface area contributed by atoms with E-state index >= 15 is 0 Å². The summed E-state index contributed by atoms with van der Waals surface area (Å²) < 4.78 is 0. The van der Waals surface area contributed by atoms with Gasteiger partial charge in [0.05, 0.1) is 6.04 Å². The van der Waals surface area contributed by atoms with Gasteiger partial charge in [-0.2, -0.15) is 0 Å². The lowest BCUT2D eigenvalue weighted by molar-refractivity contribution is -0.141. The zero-order valence-corrected chi connectivity index (χ0v) is 17.7. The Morgan fingerprint density at radius 2 is 1.70 bits per heavy atom. The number of nitrogens with two attached hydrogens (primary N) is 1. The molecule has 2 aliphatic carbocycles. The fraction of sp³-hybridized carbons (Fsp3) is 0.909. The number of carbonyl (C=O) groups excluding carboxylic acids is 2. The third kappa shape index (κ3) is 4.33. The molecular weight excluding hydrogens is 338 g/mol. The fourth-order valence-corrected chi connectivity index (χ4v) is 5.63. The minimum Gasteiger partial charge on any atom is -0.342 e. The molecule has 2 saturated carbocycles. The zero-order valence-electron chi connectivity index (χ0n) is 17.7. The second kappa shape index (κ2) is 8.10. The first-order chi connectivity index (χ1) is 12.7. The molecule has 5 nitrogen and oxygen atoms in total. The highest BCUT2D eigenvalue weighted by Gasteiger charge is 2.47. The lowest BCUT2D eigenvalue weighted by atomic mass is 9.82. The number of nitrogens with zero attached hydrogens (tertiary/aromatic N) is 1. The van der Waals surface area contributed by atoms with Gasteiger partial charge in [0, 0.05) is 12.6 Å². The Labute approximate surface area is 164 Å². The third-order valence-corrected chi connectivity index (χ3v) is 7.40. The maximum absolute atomic E-state index is 13.4. The summed E-state index contributed by atoms with van der Waals surface area (Å²) in [6, 6.07) is -0.738. The highest BCUT2D eigenvalue weighted by molar-refractivity contribution is 5.90. The van der Waals surface area contributed by atoms with Crippen LogP contribution in [-0.2, 0) is 9.59 Å². The van der Waals surface area contributed by atoms with Crippen LogP contribution in [0.15, 0.2) is 0 Å². The van der Waals surface area contributed by atoms with Gasteiger partial charge in [0.15, 0.2) is 0 Å². The molecule has 3 N–H and O–H groups in total. The number of hydrogen-bond acceptors (Lipinski definition) is 3. The molecule has 2 amide bonds. The van der Waals surface area contributed by atoms with Crippen LogP contribution in [0.4, 0.5) is 0 Å². The summed E-state index contributed by atoms with van der Waals surface area (Å²) in [4.78, 5) is 28.4. The zero-order chi connectivity index (χ0) is 19.8. The van der Waals surface area contributed by atoms with Crippen LogP contribution in [-0.4, -0.2) is 41.4 Å². The predicted octanol–water partition coefficient (Wildman–Crippen LogP) is 3.07. The maximum Gasteiger partial charge on any atom is 0.245 e. The lowest BCUT2D eigenvalue weighted by Crippen LogP contribution is -2.59. The van der Waals surface area contributed by atoms with Gasteiger partial charge in [-0.15, -0.1) is 0 Å². The molecule has 1 heterocycles. The molecule has 3 aliphatic rings. The molecule has 0 aromatic carbocycles. The molecule has 27 heavy (non-hydrogen) atoms. The molecule has 3 rings (SSSR count). The molecule has 0 radical (unpaired) electrons. The average molecular weight is 378 g/mol. The summed E-state index contributed by atoms with van der Waals surface area (Å²) >= 11 is 0. The van der Waals surface area contributed by atoms with Crippen molar-refractivity contribution in [2.75, 3.05) is 6.54 Å². The number of rotatable bonds is 4. The smallest absolute Gasteiger partial charge is 0.245 e. The normalized spacial score (nSPS) is 31.4. The van der Waals surface area contributed by atoms with E-state index in [9.17, 15) is 9.59 Å². The average Bonchev–Trinajstić information content (AvgIpc) is 3.21. The summed E-state index contributed by atoms with van der Waals surface area (Å²) in [5, 5.41) is 3.06. The van der Waals surface area contributed by atoms with Gasteiger partial charge >= 0.3 is 0 Å². The van der Waals surface area contributed by atoms with E-state index in [1.54, 1.807) is 0 Å². The van der Waals surface area contributed by atoms with Gasteiger partial charge < -0.3 is 16.0 Å². The van der Waals surface area contributed by atoms with Crippen molar-refractivity contribution in [1.82, 2.24) is 10.2 Å². The summed E-state index contributed by atoms with van der Waals surface area (Å²) in [6.45, 7) is 9.13. The van der Waals surface area contributed by atoms with Crippen molar-refractivity contribution in [3.8, 4) is 0 Å². The summed E-state index contributed by atoms with van der Waals surface area (Å²) in [7, 11) is 0. The first-order valence-electron chi connectivity index (χ1n) is 11.1. The molecular formula is C22H39N3O2. The minimum absolute atomic E-state index is 0.0774. The van der Waals surface area contributed by atoms with Crippen LogP contribution >= 0.6 is 0 Å². The first kappa shape index (κ1) is 20.6. The van der Waals surface area contributed by atoms with E-state index < -0.39 is 12.1 Å². The van der Waals surface area contributed by atoms with Gasteiger partial charge in [0.25, 0.3) is 0 Å². The van der Waals surface area contributed by atoms with E-state index in [0.29, 0.717) is 11.8 Å². The number of carbonyl (C=O) groups is 2. The van der Waals surface area contributed by atoms with Gasteiger partial charge in [-0.05, 0) is 55.8 Å². The molecule has 1 aliphatic heterocycles. The Bertz CT molecular complexity index is 550. The highest BCUT2D eigenvalue weighted by atomic mass is 16.2. The van der Waals surface area contributed by atoms with Crippen LogP contribution in [0, 0.1) is 23.2 Å². The highest BCUT2D eigenvalue weighted by Crippen LogP contribution is 2.42. The van der Waals surface area contributed by atoms with Crippen molar-refractivity contribution < 1.29 is 9.59 Å². The van der Waals surface area contributed by atoms with E-state index in [4.69, 9.17) is 5.73 Å². The number of fused-ring (bicyclic) bond motifs is 1. The largest absolute Gasteiger partial charge is 0.342 e. The number of likely N-dealkylation sites (tertiary alicyclic amines) is 1. The van der Waals surface area contributed by atoms with Crippen LogP contribution < -0.4 is 11.1 Å². The van der Waals surface area contributed by atoms with Crippen LogP contribution in [0.3, 0.4) is 0 Å². The number of nitrogens with one attached hydrogen (secondary N) is 1. The second-order valence-corrected chi connectivity index (χ2v) is 10.3. The Morgan fingerprint density at radius 1 is 1.04 bits per heavy atom. The minimum atomic E-state index is -0.513. The quantitative estimate of drug-likeness (QED) is 0.790. The Hall–Kier alpha value is -1.10. The molecule has 3 fully saturated rings. The Morgan fingerprint density at radius 3 is 2.30 bits per heavy atom. The standard InChI is InChI=1S/C22H39N3O2/c1-14-17-12-8-11-16(17)13-25(14)21(27)19(22(2,3)4)24-20(26)18(23)15-9-6-5-7-10-15/h14-19H,5-13,23H2,1-4H3,(H,24,26)/t14-,16?,17?,18+,19?/m1/s1. The maximum atomic E-state index is 13.4. The van der Waals surface area contributed by atoms with Crippen molar-refractivity contribution >= 4 is 11.8 Å². The fourth-order valence-electron chi connectivity index (χ4n) is 5.63. The van der Waals surface area contributed by atoms with Gasteiger partial charge in [0.2, 0.25) is 11.8 Å². The summed E-state index contributed by atoms with van der Waals surface area (Å²) in [5.74, 6) is 1.45. The van der Waals surface area contributed by atoms with Gasteiger partial charge in [0.1, 0.15) is 6.04 Å². The SMILES string of the molecule is C[C@@H]1C2CCCC2CN1C(=O)C(NC(=O)[C@@H](N)C1CCCCC1)C(C)(C)C. The van der Waals surface area contributed by atoms with Crippen LogP contribution in [0.25, 0.3) is 0 Å². The second-order valence-electron chi connectivity index (χ2n) is 10.3. The van der Waals surface area contributed by atoms with Crippen LogP contribution in [0.2, 0.25) is 0 Å². The van der Waals surface area contributed by atoms with Crippen LogP contribution in [0.1, 0.15) is 79.1 Å². The van der Waals surface area contributed by atoms with E-state index in [0.717, 1.165) is 32.2 Å². The Balaban J connectivity index is 1.68. The van der Waals surface area contributed by atoms with Crippen molar-refractivity contribution in [1.29, 1.82) is 0 Å². The van der Waals surface area contributed by atoms with Gasteiger partial charge in [-0.3, -0.25) is 9.59 Å². The van der Waals surface area contributed by atoms with Gasteiger partial charge in [-0.1, -0.05) is 46.5 Å². The van der Waals surface area contributed by atoms with E-state index in [-0.39, 0.29) is 29.2 Å². The molecule has 0 bridgehead atoms. The van der Waals surface area contributed by atoms with Crippen LogP contribution in [0.5, 0.6) is 0 Å². The van der Waals surface area contributed by atoms with E-state index in [1.807, 2.05) is 25.7 Å². The third-order valence-electron chi connectivity index (χ3n) is 7.40. The molecule has 5 atom stereocenters. The number of hydrogen-bond donors (Lipinski definition) is 2. The topological polar surface area (TPSA) is 75.4 Å². The molecule has 0 aromatic rings. The monoisotopic (exact) mass is 377 g/mol. The molecule has 154 valence electrons. The van der Waals surface area contributed by atoms with Crippen molar-refractivity contribution in [2.45, 2.75) is 97.2 Å². The van der Waals surface area contributed by atoms with Gasteiger partial charge in [-0.25, -0.2) is 0 Å².